The van der Waals surface area contributed by atoms with Gasteiger partial charge in [0.1, 0.15) is 12.2 Å². The monoisotopic (exact) mass is 231 g/mol. The normalized spacial score (nSPS) is 11.6. The number of carbonyl (C=O) groups excluding carboxylic acids is 1. The van der Waals surface area contributed by atoms with E-state index in [9.17, 15) is 13.6 Å². The van der Waals surface area contributed by atoms with Gasteiger partial charge >= 0.3 is 0 Å². The zero-order valence-electron chi connectivity index (χ0n) is 9.79. The van der Waals surface area contributed by atoms with Crippen molar-refractivity contribution in [1.29, 1.82) is 0 Å². The molecule has 1 heterocycles. The molecule has 4 nitrogen and oxygen atoms in total. The number of aromatic nitrogens is 2. The van der Waals surface area contributed by atoms with Crippen LogP contribution in [0.15, 0.2) is 6.07 Å². The van der Waals surface area contributed by atoms with Crippen LogP contribution in [-0.4, -0.2) is 34.7 Å². The molecular weight excluding hydrogens is 216 g/mol. The molecule has 0 unspecified atom stereocenters. The second kappa shape index (κ2) is 4.19. The molecule has 0 N–H and O–H groups in total. The summed E-state index contributed by atoms with van der Waals surface area (Å²) in [4.78, 5) is 12.8. The Morgan fingerprint density at radius 3 is 2.50 bits per heavy atom. The van der Waals surface area contributed by atoms with Crippen LogP contribution in [-0.2, 0) is 17.3 Å². The molecule has 90 valence electrons. The van der Waals surface area contributed by atoms with Crippen molar-refractivity contribution in [3.8, 4) is 0 Å². The van der Waals surface area contributed by atoms with Crippen LogP contribution in [0.1, 0.15) is 18.3 Å². The van der Waals surface area contributed by atoms with Crippen molar-refractivity contribution < 1.29 is 13.6 Å². The van der Waals surface area contributed by atoms with E-state index < -0.39 is 5.92 Å². The Morgan fingerprint density at radius 1 is 1.56 bits per heavy atom. The van der Waals surface area contributed by atoms with Crippen LogP contribution in [0, 0.1) is 6.92 Å². The molecule has 0 aliphatic rings. The highest BCUT2D eigenvalue weighted by molar-refractivity contribution is 5.75. The molecule has 0 fully saturated rings. The maximum Gasteiger partial charge on any atom is 0.288 e. The first-order valence-electron chi connectivity index (χ1n) is 4.84. The highest BCUT2D eigenvalue weighted by atomic mass is 19.3. The topological polar surface area (TPSA) is 38.1 Å². The Hall–Kier alpha value is -1.46. The highest BCUT2D eigenvalue weighted by Gasteiger charge is 2.28. The van der Waals surface area contributed by atoms with Crippen molar-refractivity contribution in [2.75, 3.05) is 14.1 Å². The van der Waals surface area contributed by atoms with Gasteiger partial charge in [0.2, 0.25) is 5.91 Å². The summed E-state index contributed by atoms with van der Waals surface area (Å²) < 4.78 is 27.2. The molecule has 1 amide bonds. The van der Waals surface area contributed by atoms with Crippen molar-refractivity contribution >= 4 is 5.91 Å². The zero-order valence-corrected chi connectivity index (χ0v) is 9.79. The minimum atomic E-state index is -2.98. The lowest BCUT2D eigenvalue weighted by atomic mass is 10.2. The SMILES string of the molecule is Cc1cc(C(C)(F)F)nn1CC(=O)N(C)C. The van der Waals surface area contributed by atoms with Crippen molar-refractivity contribution in [2.24, 2.45) is 0 Å². The first kappa shape index (κ1) is 12.6. The van der Waals surface area contributed by atoms with E-state index in [2.05, 4.69) is 5.10 Å². The third-order valence-corrected chi connectivity index (χ3v) is 2.21. The fourth-order valence-electron chi connectivity index (χ4n) is 1.15. The lowest BCUT2D eigenvalue weighted by Crippen LogP contribution is -2.27. The van der Waals surface area contributed by atoms with E-state index in [-0.39, 0.29) is 18.1 Å². The fraction of sp³-hybridized carbons (Fsp3) is 0.600. The molecule has 16 heavy (non-hydrogen) atoms. The summed E-state index contributed by atoms with van der Waals surface area (Å²) in [6, 6.07) is 1.29. The molecule has 1 rings (SSSR count). The number of likely N-dealkylation sites (N-methyl/N-ethyl adjacent to an activating group) is 1. The van der Waals surface area contributed by atoms with Crippen LogP contribution in [0.5, 0.6) is 0 Å². The van der Waals surface area contributed by atoms with Crippen LogP contribution < -0.4 is 0 Å². The van der Waals surface area contributed by atoms with E-state index in [1.165, 1.54) is 15.6 Å². The fourth-order valence-corrected chi connectivity index (χ4v) is 1.15. The summed E-state index contributed by atoms with van der Waals surface area (Å²) in [5, 5.41) is 3.72. The second-order valence-electron chi connectivity index (χ2n) is 4.01. The summed E-state index contributed by atoms with van der Waals surface area (Å²) in [5.74, 6) is -3.16. The molecule has 0 radical (unpaired) electrons. The molecule has 0 bridgehead atoms. The van der Waals surface area contributed by atoms with Crippen molar-refractivity contribution in [2.45, 2.75) is 26.3 Å². The first-order chi connectivity index (χ1) is 7.21. The average molecular weight is 231 g/mol. The van der Waals surface area contributed by atoms with E-state index in [4.69, 9.17) is 0 Å². The number of rotatable bonds is 3. The van der Waals surface area contributed by atoms with Gasteiger partial charge in [-0.05, 0) is 13.0 Å². The number of hydrogen-bond donors (Lipinski definition) is 0. The number of halogens is 2. The van der Waals surface area contributed by atoms with Gasteiger partial charge in [-0.2, -0.15) is 13.9 Å². The Bertz CT molecular complexity index is 393. The Morgan fingerprint density at radius 2 is 2.12 bits per heavy atom. The Labute approximate surface area is 92.8 Å². The van der Waals surface area contributed by atoms with Crippen molar-refractivity contribution in [1.82, 2.24) is 14.7 Å². The van der Waals surface area contributed by atoms with Crippen LogP contribution in [0.3, 0.4) is 0 Å². The maximum absolute atomic E-state index is 13.0. The van der Waals surface area contributed by atoms with Crippen LogP contribution >= 0.6 is 0 Å². The number of amides is 1. The molecule has 1 aromatic rings. The van der Waals surface area contributed by atoms with Gasteiger partial charge in [0.25, 0.3) is 5.92 Å². The molecule has 0 aliphatic heterocycles. The molecule has 0 aliphatic carbocycles. The summed E-state index contributed by atoms with van der Waals surface area (Å²) in [7, 11) is 3.22. The highest BCUT2D eigenvalue weighted by Crippen LogP contribution is 2.25. The minimum Gasteiger partial charge on any atom is -0.347 e. The molecule has 0 aromatic carbocycles. The standard InChI is InChI=1S/C10H15F2N3O/c1-7-5-8(10(2,11)12)13-15(7)6-9(16)14(3)4/h5H,6H2,1-4H3. The third kappa shape index (κ3) is 2.77. The zero-order chi connectivity index (χ0) is 12.5. The predicted molar refractivity (Wildman–Crippen MR) is 55.2 cm³/mol. The number of aryl methyl sites for hydroxylation is 1. The number of hydrogen-bond acceptors (Lipinski definition) is 2. The second-order valence-corrected chi connectivity index (χ2v) is 4.01. The van der Waals surface area contributed by atoms with Crippen LogP contribution in [0.2, 0.25) is 0 Å². The number of alkyl halides is 2. The molecule has 0 saturated heterocycles. The third-order valence-electron chi connectivity index (χ3n) is 2.21. The van der Waals surface area contributed by atoms with Gasteiger partial charge in [0, 0.05) is 26.7 Å². The van der Waals surface area contributed by atoms with Crippen molar-refractivity contribution in [3.05, 3.63) is 17.5 Å². The summed E-state index contributed by atoms with van der Waals surface area (Å²) in [6.45, 7) is 2.41. The van der Waals surface area contributed by atoms with E-state index in [0.717, 1.165) is 6.92 Å². The lowest BCUT2D eigenvalue weighted by molar-refractivity contribution is -0.129. The van der Waals surface area contributed by atoms with Gasteiger partial charge < -0.3 is 4.90 Å². The van der Waals surface area contributed by atoms with Crippen LogP contribution in [0.4, 0.5) is 8.78 Å². The van der Waals surface area contributed by atoms with Gasteiger partial charge in [-0.3, -0.25) is 9.48 Å². The summed E-state index contributed by atoms with van der Waals surface area (Å²) >= 11 is 0. The van der Waals surface area contributed by atoms with E-state index in [1.807, 2.05) is 0 Å². The molecule has 0 saturated carbocycles. The molecule has 1 aromatic heterocycles. The van der Waals surface area contributed by atoms with Gasteiger partial charge in [0.05, 0.1) is 0 Å². The van der Waals surface area contributed by atoms with Gasteiger partial charge in [0.15, 0.2) is 0 Å². The maximum atomic E-state index is 13.0. The van der Waals surface area contributed by atoms with E-state index >= 15 is 0 Å². The average Bonchev–Trinajstić information content (AvgIpc) is 2.47. The number of nitrogens with zero attached hydrogens (tertiary/aromatic N) is 3. The smallest absolute Gasteiger partial charge is 0.288 e. The molecular formula is C10H15F2N3O. The summed E-state index contributed by atoms with van der Waals surface area (Å²) in [5.41, 5.74) is 0.239. The van der Waals surface area contributed by atoms with Gasteiger partial charge in [-0.25, -0.2) is 0 Å². The summed E-state index contributed by atoms with van der Waals surface area (Å²) in [6.07, 6.45) is 0. The first-order valence-corrected chi connectivity index (χ1v) is 4.84. The lowest BCUT2D eigenvalue weighted by Gasteiger charge is -2.11. The van der Waals surface area contributed by atoms with E-state index in [0.29, 0.717) is 5.69 Å². The largest absolute Gasteiger partial charge is 0.347 e. The Balaban J connectivity index is 2.91. The van der Waals surface area contributed by atoms with Gasteiger partial charge in [-0.1, -0.05) is 0 Å². The minimum absolute atomic E-state index is 0.0189. The molecule has 0 spiro atoms. The van der Waals surface area contributed by atoms with Gasteiger partial charge in [-0.15, -0.1) is 0 Å². The quantitative estimate of drug-likeness (QED) is 0.788. The Kier molecular flexibility index (Phi) is 3.30. The number of carbonyl (C=O) groups is 1. The van der Waals surface area contributed by atoms with Crippen molar-refractivity contribution in [3.63, 3.8) is 0 Å². The molecule has 0 atom stereocenters. The van der Waals surface area contributed by atoms with E-state index in [1.54, 1.807) is 21.0 Å². The van der Waals surface area contributed by atoms with Crippen LogP contribution in [0.25, 0.3) is 0 Å². The predicted octanol–water partition coefficient (Wildman–Crippen LogP) is 1.39. The molecule has 6 heteroatoms.